The first-order chi connectivity index (χ1) is 14.6. The predicted molar refractivity (Wildman–Crippen MR) is 130 cm³/mol. The van der Waals surface area contributed by atoms with Gasteiger partial charge in [0.05, 0.1) is 0 Å². The number of Topliss-reactive ketones (excluding diaryl/α,β-unsaturated/α-hetero) is 1. The Labute approximate surface area is 184 Å². The predicted octanol–water partition coefficient (Wildman–Crippen LogP) is 8.29. The first kappa shape index (κ1) is 18.8. The molecule has 0 bridgehead atoms. The van der Waals surface area contributed by atoms with Gasteiger partial charge in [0.15, 0.2) is 5.78 Å². The highest BCUT2D eigenvalue weighted by atomic mass is 79.9. The Morgan fingerprint density at radius 1 is 0.600 bits per heavy atom. The Morgan fingerprint density at radius 3 is 1.93 bits per heavy atom. The van der Waals surface area contributed by atoms with Crippen molar-refractivity contribution in [2.75, 3.05) is 0 Å². The molecule has 0 unspecified atom stereocenters. The summed E-state index contributed by atoms with van der Waals surface area (Å²) in [7, 11) is 0. The van der Waals surface area contributed by atoms with Crippen LogP contribution in [0.2, 0.25) is 0 Å². The number of rotatable bonds is 3. The molecule has 1 nitrogen and oxygen atoms in total. The van der Waals surface area contributed by atoms with Gasteiger partial charge in [-0.15, -0.1) is 0 Å². The van der Waals surface area contributed by atoms with Gasteiger partial charge in [0, 0.05) is 10.0 Å². The van der Waals surface area contributed by atoms with Crippen molar-refractivity contribution >= 4 is 43.3 Å². The summed E-state index contributed by atoms with van der Waals surface area (Å²) in [5.74, 6) is 0.0597. The Bertz CT molecular complexity index is 1430. The standard InChI is InChI=1S/C28H19BrO/c1-18(30)27-17-20(29)14-15-26(27)23-11-5-7-13-25(23)28-16-19-8-2-3-9-21(19)22-10-4-6-12-24(22)28/h2-17H,1H3. The molecule has 0 saturated carbocycles. The largest absolute Gasteiger partial charge is 0.294 e. The molecule has 5 aromatic rings. The minimum atomic E-state index is 0.0597. The Morgan fingerprint density at radius 2 is 1.20 bits per heavy atom. The minimum Gasteiger partial charge on any atom is -0.294 e. The minimum absolute atomic E-state index is 0.0597. The van der Waals surface area contributed by atoms with Gasteiger partial charge >= 0.3 is 0 Å². The number of carbonyl (C=O) groups is 1. The van der Waals surface area contributed by atoms with Gasteiger partial charge in [0.1, 0.15) is 0 Å². The normalized spacial score (nSPS) is 11.1. The molecule has 0 aliphatic carbocycles. The molecule has 0 radical (unpaired) electrons. The summed E-state index contributed by atoms with van der Waals surface area (Å²) in [5, 5.41) is 4.92. The zero-order valence-corrected chi connectivity index (χ0v) is 18.1. The number of benzene rings is 5. The van der Waals surface area contributed by atoms with E-state index in [0.717, 1.165) is 26.7 Å². The molecule has 0 atom stereocenters. The van der Waals surface area contributed by atoms with Crippen molar-refractivity contribution < 1.29 is 4.79 Å². The molecule has 5 aromatic carbocycles. The molecule has 0 aliphatic rings. The second-order valence-corrected chi connectivity index (χ2v) is 8.40. The Balaban J connectivity index is 1.87. The number of hydrogen-bond acceptors (Lipinski definition) is 1. The van der Waals surface area contributed by atoms with Crippen LogP contribution >= 0.6 is 15.9 Å². The highest BCUT2D eigenvalue weighted by molar-refractivity contribution is 9.10. The van der Waals surface area contributed by atoms with E-state index in [1.54, 1.807) is 6.92 Å². The maximum atomic E-state index is 12.4. The van der Waals surface area contributed by atoms with E-state index in [0.29, 0.717) is 0 Å². The van der Waals surface area contributed by atoms with E-state index in [4.69, 9.17) is 0 Å². The molecule has 0 fully saturated rings. The fraction of sp³-hybridized carbons (Fsp3) is 0.0357. The Kier molecular flexibility index (Phi) is 4.72. The van der Waals surface area contributed by atoms with Crippen molar-refractivity contribution in [2.24, 2.45) is 0 Å². The van der Waals surface area contributed by atoms with Crippen molar-refractivity contribution in [2.45, 2.75) is 6.92 Å². The van der Waals surface area contributed by atoms with E-state index in [1.807, 2.05) is 24.3 Å². The molecule has 0 aromatic heterocycles. The van der Waals surface area contributed by atoms with Crippen LogP contribution in [0.3, 0.4) is 0 Å². The zero-order chi connectivity index (χ0) is 20.7. The van der Waals surface area contributed by atoms with Gasteiger partial charge in [-0.1, -0.05) is 94.8 Å². The number of halogens is 1. The number of ketones is 1. The average molecular weight is 451 g/mol. The van der Waals surface area contributed by atoms with Gasteiger partial charge in [-0.3, -0.25) is 4.79 Å². The van der Waals surface area contributed by atoms with Crippen molar-refractivity contribution in [1.82, 2.24) is 0 Å². The van der Waals surface area contributed by atoms with Gasteiger partial charge in [-0.2, -0.15) is 0 Å². The monoisotopic (exact) mass is 450 g/mol. The fourth-order valence-corrected chi connectivity index (χ4v) is 4.63. The molecule has 30 heavy (non-hydrogen) atoms. The van der Waals surface area contributed by atoms with Gasteiger partial charge in [-0.05, 0) is 68.9 Å². The highest BCUT2D eigenvalue weighted by Gasteiger charge is 2.16. The summed E-state index contributed by atoms with van der Waals surface area (Å²) >= 11 is 3.51. The van der Waals surface area contributed by atoms with Crippen LogP contribution in [0.4, 0.5) is 0 Å². The quantitative estimate of drug-likeness (QED) is 0.199. The molecule has 0 saturated heterocycles. The first-order valence-electron chi connectivity index (χ1n) is 9.94. The van der Waals surface area contributed by atoms with Gasteiger partial charge in [0.2, 0.25) is 0 Å². The summed E-state index contributed by atoms with van der Waals surface area (Å²) in [6, 6.07) is 33.6. The van der Waals surface area contributed by atoms with E-state index in [-0.39, 0.29) is 5.78 Å². The van der Waals surface area contributed by atoms with Gasteiger partial charge in [0.25, 0.3) is 0 Å². The molecule has 144 valence electrons. The molecular weight excluding hydrogens is 432 g/mol. The van der Waals surface area contributed by atoms with Crippen molar-refractivity contribution in [3.05, 3.63) is 107 Å². The third-order valence-corrected chi connectivity index (χ3v) is 6.13. The van der Waals surface area contributed by atoms with Crippen molar-refractivity contribution in [3.63, 3.8) is 0 Å². The third-order valence-electron chi connectivity index (χ3n) is 5.64. The fourth-order valence-electron chi connectivity index (χ4n) is 4.27. The van der Waals surface area contributed by atoms with Crippen molar-refractivity contribution in [3.8, 4) is 22.3 Å². The maximum absolute atomic E-state index is 12.4. The van der Waals surface area contributed by atoms with Crippen LogP contribution in [0.15, 0.2) is 102 Å². The molecule has 2 heteroatoms. The average Bonchev–Trinajstić information content (AvgIpc) is 2.78. The number of fused-ring (bicyclic) bond motifs is 3. The van der Waals surface area contributed by atoms with E-state index in [1.165, 1.54) is 27.1 Å². The highest BCUT2D eigenvalue weighted by Crippen LogP contribution is 2.40. The maximum Gasteiger partial charge on any atom is 0.160 e. The summed E-state index contributed by atoms with van der Waals surface area (Å²) in [6.45, 7) is 1.62. The molecule has 0 heterocycles. The summed E-state index contributed by atoms with van der Waals surface area (Å²) < 4.78 is 0.907. The van der Waals surface area contributed by atoms with Crippen LogP contribution in [-0.4, -0.2) is 5.78 Å². The van der Waals surface area contributed by atoms with E-state index < -0.39 is 0 Å². The second-order valence-electron chi connectivity index (χ2n) is 7.48. The topological polar surface area (TPSA) is 17.1 Å². The molecule has 5 rings (SSSR count). The van der Waals surface area contributed by atoms with Gasteiger partial charge < -0.3 is 0 Å². The lowest BCUT2D eigenvalue weighted by molar-refractivity contribution is 0.101. The summed E-state index contributed by atoms with van der Waals surface area (Å²) in [4.78, 5) is 12.4. The summed E-state index contributed by atoms with van der Waals surface area (Å²) in [5.41, 5.74) is 5.05. The number of carbonyl (C=O) groups excluding carboxylic acids is 1. The zero-order valence-electron chi connectivity index (χ0n) is 16.5. The third kappa shape index (κ3) is 3.14. The number of hydrogen-bond donors (Lipinski definition) is 0. The molecular formula is C28H19BrO. The van der Waals surface area contributed by atoms with E-state index in [2.05, 4.69) is 88.7 Å². The lowest BCUT2D eigenvalue weighted by atomic mass is 9.87. The van der Waals surface area contributed by atoms with Crippen LogP contribution in [0.1, 0.15) is 17.3 Å². The van der Waals surface area contributed by atoms with Crippen molar-refractivity contribution in [1.29, 1.82) is 0 Å². The first-order valence-corrected chi connectivity index (χ1v) is 10.7. The summed E-state index contributed by atoms with van der Waals surface area (Å²) in [6.07, 6.45) is 0. The Hall–Kier alpha value is -3.23. The molecule has 0 N–H and O–H groups in total. The smallest absolute Gasteiger partial charge is 0.160 e. The van der Waals surface area contributed by atoms with Crippen LogP contribution < -0.4 is 0 Å². The lowest BCUT2D eigenvalue weighted by Crippen LogP contribution is -1.97. The van der Waals surface area contributed by atoms with Gasteiger partial charge in [-0.25, -0.2) is 0 Å². The lowest BCUT2D eigenvalue weighted by Gasteiger charge is -2.16. The van der Waals surface area contributed by atoms with Crippen LogP contribution in [-0.2, 0) is 0 Å². The van der Waals surface area contributed by atoms with Crippen LogP contribution in [0.5, 0.6) is 0 Å². The molecule has 0 amide bonds. The van der Waals surface area contributed by atoms with E-state index in [9.17, 15) is 4.79 Å². The second kappa shape index (κ2) is 7.55. The molecule has 0 spiro atoms. The molecule has 0 aliphatic heterocycles. The van der Waals surface area contributed by atoms with Crippen LogP contribution in [0, 0.1) is 0 Å². The SMILES string of the molecule is CC(=O)c1cc(Br)ccc1-c1ccccc1-c1cc2ccccc2c2ccccc12. The van der Waals surface area contributed by atoms with Crippen LogP contribution in [0.25, 0.3) is 43.8 Å². The van der Waals surface area contributed by atoms with E-state index >= 15 is 0 Å².